The van der Waals surface area contributed by atoms with Crippen molar-refractivity contribution in [3.05, 3.63) is 47.0 Å². The first-order valence-electron chi connectivity index (χ1n) is 11.3. The van der Waals surface area contributed by atoms with Gasteiger partial charge in [0.2, 0.25) is 11.2 Å². The van der Waals surface area contributed by atoms with Gasteiger partial charge in [-0.1, -0.05) is 12.1 Å². The van der Waals surface area contributed by atoms with E-state index in [9.17, 15) is 18.0 Å². The fourth-order valence-electron chi connectivity index (χ4n) is 4.51. The van der Waals surface area contributed by atoms with Gasteiger partial charge < -0.3 is 19.9 Å². The van der Waals surface area contributed by atoms with Gasteiger partial charge in [-0.05, 0) is 56.2 Å². The number of fused-ring (bicyclic) bond motifs is 1. The molecule has 3 atom stereocenters. The second-order valence-electron chi connectivity index (χ2n) is 8.92. The number of amides is 1. The molecule has 3 heterocycles. The molecule has 3 aromatic rings. The number of hydrogen-bond acceptors (Lipinski definition) is 7. The lowest BCUT2D eigenvalue weighted by Gasteiger charge is -2.32. The van der Waals surface area contributed by atoms with Gasteiger partial charge in [-0.3, -0.25) is 4.79 Å². The van der Waals surface area contributed by atoms with Crippen molar-refractivity contribution in [1.82, 2.24) is 29.4 Å². The minimum atomic E-state index is -4.63. The van der Waals surface area contributed by atoms with Crippen LogP contribution in [0, 0.1) is 5.92 Å². The number of rotatable bonds is 7. The number of carbonyl (C=O) groups is 1. The summed E-state index contributed by atoms with van der Waals surface area (Å²) in [6.07, 6.45) is -2.97. The van der Waals surface area contributed by atoms with Gasteiger partial charge in [0.25, 0.3) is 5.78 Å². The molecule has 1 amide bonds. The zero-order chi connectivity index (χ0) is 26.2. The average molecular weight is 526 g/mol. The highest BCUT2D eigenvalue weighted by atomic mass is 35.5. The second kappa shape index (κ2) is 10.2. The highest BCUT2D eigenvalue weighted by Gasteiger charge is 2.46. The third kappa shape index (κ3) is 5.25. The molecule has 1 aliphatic rings. The van der Waals surface area contributed by atoms with Gasteiger partial charge in [0.15, 0.2) is 6.04 Å². The number of alkyl halides is 3. The number of methoxy groups -OCH3 is 1. The van der Waals surface area contributed by atoms with Crippen LogP contribution in [0.4, 0.5) is 24.5 Å². The van der Waals surface area contributed by atoms with Crippen molar-refractivity contribution < 1.29 is 22.7 Å². The van der Waals surface area contributed by atoms with Gasteiger partial charge in [-0.2, -0.15) is 22.7 Å². The van der Waals surface area contributed by atoms with Crippen LogP contribution in [0.2, 0.25) is 5.28 Å². The van der Waals surface area contributed by atoms with E-state index < -0.39 is 30.1 Å². The van der Waals surface area contributed by atoms with Gasteiger partial charge in [0.05, 0.1) is 29.6 Å². The van der Waals surface area contributed by atoms with E-state index in [4.69, 9.17) is 16.3 Å². The minimum Gasteiger partial charge on any atom is -0.375 e. The quantitative estimate of drug-likeness (QED) is 0.493. The van der Waals surface area contributed by atoms with E-state index in [-0.39, 0.29) is 16.6 Å². The number of hydrogen-bond donors (Lipinski definition) is 1. The number of likely N-dealkylation sites (tertiary alicyclic amines) is 1. The normalized spacial score (nSPS) is 18.4. The van der Waals surface area contributed by atoms with Crippen molar-refractivity contribution in [3.8, 4) is 0 Å². The molecular formula is C23H27ClF3N7O2. The van der Waals surface area contributed by atoms with Crippen LogP contribution in [0.3, 0.4) is 0 Å². The first-order chi connectivity index (χ1) is 17.0. The summed E-state index contributed by atoms with van der Waals surface area (Å²) in [5.74, 6) is -0.665. The molecule has 4 rings (SSSR count). The lowest BCUT2D eigenvalue weighted by atomic mass is 10.0. The largest absolute Gasteiger partial charge is 0.413 e. The fraction of sp³-hybridized carbons (Fsp3) is 0.478. The molecule has 1 N–H and O–H groups in total. The SMILES string of the molecule is COC(C)c1c(Nc2ccc(C(N(C)C(=O)C3CCN(C)C3)C(F)(F)F)cc2)cnc2nc(Cl)nn12. The molecule has 0 radical (unpaired) electrons. The Labute approximate surface area is 211 Å². The molecule has 13 heteroatoms. The van der Waals surface area contributed by atoms with E-state index in [1.807, 2.05) is 18.9 Å². The summed E-state index contributed by atoms with van der Waals surface area (Å²) in [5, 5.41) is 7.32. The molecule has 194 valence electrons. The van der Waals surface area contributed by atoms with E-state index in [2.05, 4.69) is 20.4 Å². The smallest absolute Gasteiger partial charge is 0.375 e. The molecule has 2 aromatic heterocycles. The zero-order valence-electron chi connectivity index (χ0n) is 20.3. The van der Waals surface area contributed by atoms with Gasteiger partial charge in [-0.15, -0.1) is 5.10 Å². The van der Waals surface area contributed by atoms with Crippen molar-refractivity contribution in [1.29, 1.82) is 0 Å². The summed E-state index contributed by atoms with van der Waals surface area (Å²) in [6.45, 7) is 2.95. The Hall–Kier alpha value is -2.96. The van der Waals surface area contributed by atoms with E-state index in [0.29, 0.717) is 36.6 Å². The summed E-state index contributed by atoms with van der Waals surface area (Å²) in [4.78, 5) is 23.9. The van der Waals surface area contributed by atoms with Crippen molar-refractivity contribution in [2.45, 2.75) is 31.7 Å². The van der Waals surface area contributed by atoms with Crippen LogP contribution in [0.15, 0.2) is 30.5 Å². The standard InChI is InChI=1S/C23H27ClF3N7O2/c1-13(36-4)18-17(11-28-22-30-21(24)31-34(18)22)29-16-7-5-14(6-8-16)19(23(25,26)27)33(3)20(35)15-9-10-32(2)12-15/h5-8,11,13,15,19,29H,9-10,12H2,1-4H3. The number of ether oxygens (including phenoxy) is 1. The lowest BCUT2D eigenvalue weighted by Crippen LogP contribution is -2.43. The highest BCUT2D eigenvalue weighted by molar-refractivity contribution is 6.28. The van der Waals surface area contributed by atoms with Crippen LogP contribution in [0.5, 0.6) is 0 Å². The molecule has 0 spiro atoms. The molecule has 0 bridgehead atoms. The summed E-state index contributed by atoms with van der Waals surface area (Å²) in [7, 11) is 4.60. The maximum Gasteiger partial charge on any atom is 0.413 e. The number of nitrogens with one attached hydrogen (secondary N) is 1. The molecule has 1 fully saturated rings. The Morgan fingerprint density at radius 3 is 2.58 bits per heavy atom. The molecule has 0 aliphatic carbocycles. The molecule has 1 aliphatic heterocycles. The van der Waals surface area contributed by atoms with E-state index >= 15 is 0 Å². The van der Waals surface area contributed by atoms with Crippen molar-refractivity contribution in [3.63, 3.8) is 0 Å². The monoisotopic (exact) mass is 525 g/mol. The predicted octanol–water partition coefficient (Wildman–Crippen LogP) is 4.24. The van der Waals surface area contributed by atoms with Crippen molar-refractivity contribution in [2.75, 3.05) is 39.6 Å². The third-order valence-electron chi connectivity index (χ3n) is 6.41. The topological polar surface area (TPSA) is 87.9 Å². The fourth-order valence-corrected chi connectivity index (χ4v) is 4.67. The Bertz CT molecular complexity index is 1230. The molecule has 9 nitrogen and oxygen atoms in total. The maximum atomic E-state index is 14.1. The molecule has 1 aromatic carbocycles. The number of nitrogens with zero attached hydrogens (tertiary/aromatic N) is 6. The van der Waals surface area contributed by atoms with Crippen molar-refractivity contribution in [2.24, 2.45) is 5.92 Å². The van der Waals surface area contributed by atoms with E-state index in [1.54, 1.807) is 0 Å². The van der Waals surface area contributed by atoms with Crippen LogP contribution in [-0.4, -0.2) is 75.8 Å². The van der Waals surface area contributed by atoms with Crippen LogP contribution in [0.25, 0.3) is 5.78 Å². The first kappa shape index (κ1) is 26.1. The molecular weight excluding hydrogens is 499 g/mol. The number of aromatic nitrogens is 4. The van der Waals surface area contributed by atoms with Crippen molar-refractivity contribution >= 4 is 34.7 Å². The number of carbonyl (C=O) groups excluding carboxylic acids is 1. The molecule has 3 unspecified atom stereocenters. The van der Waals surface area contributed by atoms with Gasteiger partial charge in [-0.25, -0.2) is 4.98 Å². The molecule has 36 heavy (non-hydrogen) atoms. The Morgan fingerprint density at radius 2 is 2.00 bits per heavy atom. The lowest BCUT2D eigenvalue weighted by molar-refractivity contribution is -0.190. The summed E-state index contributed by atoms with van der Waals surface area (Å²) in [5.41, 5.74) is 1.60. The third-order valence-corrected chi connectivity index (χ3v) is 6.57. The number of anilines is 2. The van der Waals surface area contributed by atoms with Gasteiger partial charge in [0.1, 0.15) is 0 Å². The van der Waals surface area contributed by atoms with Crippen LogP contribution >= 0.6 is 11.6 Å². The molecule has 1 saturated heterocycles. The predicted molar refractivity (Wildman–Crippen MR) is 128 cm³/mol. The summed E-state index contributed by atoms with van der Waals surface area (Å²) >= 11 is 5.93. The average Bonchev–Trinajstić information content (AvgIpc) is 3.42. The Kier molecular flexibility index (Phi) is 7.39. The van der Waals surface area contributed by atoms with Gasteiger partial charge >= 0.3 is 6.18 Å². The zero-order valence-corrected chi connectivity index (χ0v) is 21.0. The molecule has 0 saturated carbocycles. The number of halogens is 4. The van der Waals surface area contributed by atoms with Crippen LogP contribution in [-0.2, 0) is 9.53 Å². The first-order valence-corrected chi connectivity index (χ1v) is 11.7. The summed E-state index contributed by atoms with van der Waals surface area (Å²) in [6, 6.07) is 3.72. The summed E-state index contributed by atoms with van der Waals surface area (Å²) < 4.78 is 49.2. The maximum absolute atomic E-state index is 14.1. The number of benzene rings is 1. The minimum absolute atomic E-state index is 0.0228. The Balaban J connectivity index is 1.60. The second-order valence-corrected chi connectivity index (χ2v) is 9.25. The Morgan fingerprint density at radius 1 is 1.31 bits per heavy atom. The van der Waals surface area contributed by atoms with E-state index in [0.717, 1.165) is 4.90 Å². The van der Waals surface area contributed by atoms with Gasteiger partial charge in [0, 0.05) is 26.4 Å². The van der Waals surface area contributed by atoms with Crippen LogP contribution in [0.1, 0.15) is 36.7 Å². The highest BCUT2D eigenvalue weighted by Crippen LogP contribution is 2.39. The van der Waals surface area contributed by atoms with E-state index in [1.165, 1.54) is 49.1 Å². The van der Waals surface area contributed by atoms with Crippen LogP contribution < -0.4 is 5.32 Å².